The van der Waals surface area contributed by atoms with Gasteiger partial charge in [0.15, 0.2) is 0 Å². The van der Waals surface area contributed by atoms with Gasteiger partial charge < -0.3 is 10.1 Å². The molecule has 3 nitrogen and oxygen atoms in total. The van der Waals surface area contributed by atoms with Gasteiger partial charge in [-0.3, -0.25) is 4.90 Å². The smallest absolute Gasteiger partial charge is 0.0757 e. The molecule has 0 aromatic carbocycles. The van der Waals surface area contributed by atoms with Gasteiger partial charge in [-0.1, -0.05) is 13.8 Å². The van der Waals surface area contributed by atoms with Gasteiger partial charge in [0.25, 0.3) is 0 Å². The highest BCUT2D eigenvalue weighted by Crippen LogP contribution is 2.35. The quantitative estimate of drug-likeness (QED) is 0.861. The van der Waals surface area contributed by atoms with E-state index in [-0.39, 0.29) is 5.60 Å². The molecule has 1 saturated carbocycles. The van der Waals surface area contributed by atoms with Crippen molar-refractivity contribution in [1.82, 2.24) is 10.2 Å². The molecule has 0 bridgehead atoms. The fourth-order valence-corrected chi connectivity index (χ4v) is 4.28. The first-order valence-electron chi connectivity index (χ1n) is 8.41. The Labute approximate surface area is 125 Å². The molecule has 0 aromatic rings. The Hall–Kier alpha value is -0.120. The lowest BCUT2D eigenvalue weighted by molar-refractivity contribution is -0.144. The van der Waals surface area contributed by atoms with E-state index >= 15 is 0 Å². The maximum atomic E-state index is 6.08. The van der Waals surface area contributed by atoms with Crippen LogP contribution in [0.2, 0.25) is 0 Å². The van der Waals surface area contributed by atoms with Crippen molar-refractivity contribution < 1.29 is 4.74 Å². The molecular weight excluding hydrogens is 248 g/mol. The molecule has 1 N–H and O–H groups in total. The Morgan fingerprint density at radius 2 is 1.95 bits per heavy atom. The van der Waals surface area contributed by atoms with Crippen LogP contribution in [0, 0.1) is 11.8 Å². The fraction of sp³-hybridized carbons (Fsp3) is 1.00. The predicted molar refractivity (Wildman–Crippen MR) is 85.0 cm³/mol. The van der Waals surface area contributed by atoms with Gasteiger partial charge in [-0.25, -0.2) is 0 Å². The Bertz CT molecular complexity index is 316. The first-order chi connectivity index (χ1) is 9.32. The van der Waals surface area contributed by atoms with Crippen molar-refractivity contribution in [2.24, 2.45) is 11.8 Å². The van der Waals surface area contributed by atoms with Crippen LogP contribution in [0.25, 0.3) is 0 Å². The van der Waals surface area contributed by atoms with E-state index in [0.29, 0.717) is 18.2 Å². The van der Waals surface area contributed by atoms with Gasteiger partial charge >= 0.3 is 0 Å². The lowest BCUT2D eigenvalue weighted by atomic mass is 9.76. The third-order valence-corrected chi connectivity index (χ3v) is 5.24. The summed E-state index contributed by atoms with van der Waals surface area (Å²) in [5.41, 5.74) is -0.0132. The highest BCUT2D eigenvalue weighted by Gasteiger charge is 2.40. The van der Waals surface area contributed by atoms with Crippen LogP contribution >= 0.6 is 0 Å². The summed E-state index contributed by atoms with van der Waals surface area (Å²) in [4.78, 5) is 2.70. The molecule has 1 saturated heterocycles. The molecule has 20 heavy (non-hydrogen) atoms. The summed E-state index contributed by atoms with van der Waals surface area (Å²) >= 11 is 0. The lowest BCUT2D eigenvalue weighted by Crippen LogP contribution is -2.61. The van der Waals surface area contributed by atoms with E-state index in [0.717, 1.165) is 24.9 Å². The molecule has 0 spiro atoms. The number of nitrogens with zero attached hydrogens (tertiary/aromatic N) is 1. The summed E-state index contributed by atoms with van der Waals surface area (Å²) in [5, 5.41) is 3.57. The number of nitrogens with one attached hydrogen (secondary N) is 1. The molecule has 2 aliphatic rings. The van der Waals surface area contributed by atoms with E-state index in [1.54, 1.807) is 0 Å². The van der Waals surface area contributed by atoms with Crippen molar-refractivity contribution >= 4 is 0 Å². The third-order valence-electron chi connectivity index (χ3n) is 5.24. The zero-order valence-electron chi connectivity index (χ0n) is 14.3. The highest BCUT2D eigenvalue weighted by atomic mass is 16.5. The molecule has 0 amide bonds. The molecular formula is C17H34N2O. The van der Waals surface area contributed by atoms with Gasteiger partial charge in [0.2, 0.25) is 0 Å². The molecule has 4 unspecified atom stereocenters. The predicted octanol–water partition coefficient (Wildman–Crippen LogP) is 2.90. The second-order valence-corrected chi connectivity index (χ2v) is 7.90. The van der Waals surface area contributed by atoms with E-state index in [2.05, 4.69) is 51.9 Å². The summed E-state index contributed by atoms with van der Waals surface area (Å²) in [6.07, 6.45) is 4.38. The summed E-state index contributed by atoms with van der Waals surface area (Å²) in [5.74, 6) is 1.69. The molecule has 1 aliphatic heterocycles. The number of rotatable bonds is 3. The molecule has 1 heterocycles. The summed E-state index contributed by atoms with van der Waals surface area (Å²) < 4.78 is 6.08. The van der Waals surface area contributed by atoms with Crippen LogP contribution in [0.3, 0.4) is 0 Å². The maximum Gasteiger partial charge on any atom is 0.0757 e. The zero-order valence-corrected chi connectivity index (χ0v) is 14.3. The average molecular weight is 282 g/mol. The number of hydrogen-bond donors (Lipinski definition) is 1. The van der Waals surface area contributed by atoms with Crippen LogP contribution in [0.1, 0.15) is 53.9 Å². The SMILES string of the molecule is CNC1CCC(C(C)C)CC1N1CC(C)OC(C)(C)C1. The van der Waals surface area contributed by atoms with Crippen molar-refractivity contribution in [3.05, 3.63) is 0 Å². The van der Waals surface area contributed by atoms with Crippen molar-refractivity contribution in [3.63, 3.8) is 0 Å². The van der Waals surface area contributed by atoms with E-state index in [9.17, 15) is 0 Å². The molecule has 3 heteroatoms. The van der Waals surface area contributed by atoms with E-state index in [4.69, 9.17) is 4.74 Å². The first-order valence-corrected chi connectivity index (χ1v) is 8.41. The van der Waals surface area contributed by atoms with Crippen LogP contribution < -0.4 is 5.32 Å². The Balaban J connectivity index is 2.09. The number of likely N-dealkylation sites (N-methyl/N-ethyl adjacent to an activating group) is 1. The van der Waals surface area contributed by atoms with Crippen molar-refractivity contribution in [2.45, 2.75) is 77.7 Å². The van der Waals surface area contributed by atoms with Gasteiger partial charge in [0, 0.05) is 25.2 Å². The zero-order chi connectivity index (χ0) is 14.9. The van der Waals surface area contributed by atoms with Crippen LogP contribution in [-0.4, -0.2) is 48.8 Å². The second kappa shape index (κ2) is 6.33. The molecule has 4 atom stereocenters. The normalized spacial score (nSPS) is 39.1. The first kappa shape index (κ1) is 16.3. The van der Waals surface area contributed by atoms with Crippen LogP contribution in [-0.2, 0) is 4.74 Å². The van der Waals surface area contributed by atoms with Crippen LogP contribution in [0.5, 0.6) is 0 Å². The standard InChI is InChI=1S/C17H34N2O/c1-12(2)14-7-8-15(18-6)16(9-14)19-10-13(3)20-17(4,5)11-19/h12-16,18H,7-11H2,1-6H3. The summed E-state index contributed by atoms with van der Waals surface area (Å²) in [6, 6.07) is 1.32. The van der Waals surface area contributed by atoms with Crippen molar-refractivity contribution in [1.29, 1.82) is 0 Å². The van der Waals surface area contributed by atoms with Crippen LogP contribution in [0.4, 0.5) is 0 Å². The minimum atomic E-state index is -0.0132. The van der Waals surface area contributed by atoms with Gasteiger partial charge in [0.05, 0.1) is 11.7 Å². The van der Waals surface area contributed by atoms with E-state index in [1.807, 2.05) is 0 Å². The lowest BCUT2D eigenvalue weighted by Gasteiger charge is -2.50. The second-order valence-electron chi connectivity index (χ2n) is 7.90. The van der Waals surface area contributed by atoms with Gasteiger partial charge in [-0.2, -0.15) is 0 Å². The molecule has 118 valence electrons. The largest absolute Gasteiger partial charge is 0.370 e. The number of morpholine rings is 1. The van der Waals surface area contributed by atoms with Gasteiger partial charge in [-0.05, 0) is 58.9 Å². The minimum absolute atomic E-state index is 0.0132. The monoisotopic (exact) mass is 282 g/mol. The van der Waals surface area contributed by atoms with Crippen molar-refractivity contribution in [3.8, 4) is 0 Å². The molecule has 2 rings (SSSR count). The number of ether oxygens (including phenoxy) is 1. The Morgan fingerprint density at radius 3 is 2.50 bits per heavy atom. The van der Waals surface area contributed by atoms with Crippen LogP contribution in [0.15, 0.2) is 0 Å². The van der Waals surface area contributed by atoms with Gasteiger partial charge in [-0.15, -0.1) is 0 Å². The van der Waals surface area contributed by atoms with E-state index in [1.165, 1.54) is 19.3 Å². The Morgan fingerprint density at radius 1 is 1.25 bits per heavy atom. The number of hydrogen-bond acceptors (Lipinski definition) is 3. The molecule has 1 aliphatic carbocycles. The topological polar surface area (TPSA) is 24.5 Å². The Kier molecular flexibility index (Phi) is 5.14. The minimum Gasteiger partial charge on any atom is -0.370 e. The molecule has 0 radical (unpaired) electrons. The fourth-order valence-electron chi connectivity index (χ4n) is 4.28. The maximum absolute atomic E-state index is 6.08. The van der Waals surface area contributed by atoms with Crippen molar-refractivity contribution in [2.75, 3.05) is 20.1 Å². The highest BCUT2D eigenvalue weighted by molar-refractivity contribution is 4.95. The summed E-state index contributed by atoms with van der Waals surface area (Å²) in [6.45, 7) is 13.6. The average Bonchev–Trinajstić information content (AvgIpc) is 2.35. The van der Waals surface area contributed by atoms with Gasteiger partial charge in [0.1, 0.15) is 0 Å². The molecule has 0 aromatic heterocycles. The van der Waals surface area contributed by atoms with E-state index < -0.39 is 0 Å². The third kappa shape index (κ3) is 3.75. The summed E-state index contributed by atoms with van der Waals surface area (Å²) in [7, 11) is 2.13. The molecule has 2 fully saturated rings.